The van der Waals surface area contributed by atoms with Crippen LogP contribution in [0.15, 0.2) is 244 Å². The predicted octanol–water partition coefficient (Wildman–Crippen LogP) is 21.4. The van der Waals surface area contributed by atoms with Crippen LogP contribution < -0.4 is 9.80 Å². The highest BCUT2D eigenvalue weighted by atomic mass is 16.3. The number of para-hydroxylation sites is 4. The second-order valence-corrected chi connectivity index (χ2v) is 22.5. The highest BCUT2D eigenvalue weighted by Gasteiger charge is 2.28. The molecule has 0 fully saturated rings. The first-order valence-corrected chi connectivity index (χ1v) is 26.6. The molecule has 5 heteroatoms. The lowest BCUT2D eigenvalue weighted by Crippen LogP contribution is -2.11. The Bertz CT molecular complexity index is 4600. The first-order valence-electron chi connectivity index (χ1n) is 26.6. The number of fused-ring (bicyclic) bond motifs is 11. The van der Waals surface area contributed by atoms with Gasteiger partial charge in [-0.05, 0) is 87.0 Å². The van der Waals surface area contributed by atoms with Crippen LogP contribution in [0.5, 0.6) is 0 Å². The summed E-state index contributed by atoms with van der Waals surface area (Å²) < 4.78 is 21.5. The Morgan fingerprint density at radius 1 is 0.273 bits per heavy atom. The van der Waals surface area contributed by atoms with Gasteiger partial charge in [0.1, 0.15) is 22.3 Å². The van der Waals surface area contributed by atoms with Gasteiger partial charge in [-0.15, -0.1) is 0 Å². The van der Waals surface area contributed by atoms with Crippen molar-refractivity contribution in [2.45, 2.75) is 52.4 Å². The quantitative estimate of drug-likeness (QED) is 0.152. The van der Waals surface area contributed by atoms with E-state index in [4.69, 9.17) is 13.3 Å². The van der Waals surface area contributed by atoms with Crippen LogP contribution in [0.1, 0.15) is 52.7 Å². The number of anilines is 6. The molecule has 372 valence electrons. The first-order chi connectivity index (χ1) is 37.5. The molecule has 0 atom stereocenters. The first kappa shape index (κ1) is 46.2. The summed E-state index contributed by atoms with van der Waals surface area (Å²) in [6, 6.07) is 82.5. The molecule has 0 spiro atoms. The molecule has 0 bridgehead atoms. The zero-order valence-corrected chi connectivity index (χ0v) is 44.1. The second-order valence-electron chi connectivity index (χ2n) is 22.5. The van der Waals surface area contributed by atoms with Crippen LogP contribution in [0, 0.1) is 0 Å². The largest absolute Gasteiger partial charge is 0.456 e. The standard InChI is InChI=1S/C72H56N2O3/c1-71(2,3)59-35-17-31-54-56-33-19-37-61(69(56)76-67(54)59)73(49-27-15-25-47(41-49)45-21-9-7-10-22-45)51-39-40-58-64(43-51)75-65-44-63(52-29-13-14-30-53(52)66(58)65)74(50-28-16-26-48(42-50)46-23-11-8-12-24-46)62-38-20-34-57-55-32-18-36-60(72(4,5)6)68(55)77-70(57)62/h7-44H,1-6H3. The average molecular weight is 997 g/mol. The Balaban J connectivity index is 1.00. The van der Waals surface area contributed by atoms with Gasteiger partial charge in [0.15, 0.2) is 11.2 Å². The normalized spacial score (nSPS) is 12.3. The highest BCUT2D eigenvalue weighted by Crippen LogP contribution is 2.51. The molecule has 0 aliphatic heterocycles. The van der Waals surface area contributed by atoms with Crippen molar-refractivity contribution in [3.63, 3.8) is 0 Å². The van der Waals surface area contributed by atoms with Crippen molar-refractivity contribution in [3.8, 4) is 22.3 Å². The topological polar surface area (TPSA) is 45.9 Å². The lowest BCUT2D eigenvalue weighted by Gasteiger charge is -2.27. The molecule has 0 saturated heterocycles. The van der Waals surface area contributed by atoms with Gasteiger partial charge in [-0.1, -0.05) is 211 Å². The molecule has 14 rings (SSSR count). The van der Waals surface area contributed by atoms with Gasteiger partial charge in [0.05, 0.1) is 22.7 Å². The van der Waals surface area contributed by atoms with Gasteiger partial charge >= 0.3 is 0 Å². The lowest BCUT2D eigenvalue weighted by molar-refractivity contribution is 0.572. The Hall–Kier alpha value is -9.32. The maximum absolute atomic E-state index is 7.25. The molecule has 3 aromatic heterocycles. The Labute approximate surface area is 447 Å². The zero-order valence-electron chi connectivity index (χ0n) is 44.1. The van der Waals surface area contributed by atoms with Gasteiger partial charge in [-0.25, -0.2) is 0 Å². The van der Waals surface area contributed by atoms with E-state index in [2.05, 4.69) is 282 Å². The smallest absolute Gasteiger partial charge is 0.159 e. The van der Waals surface area contributed by atoms with Crippen molar-refractivity contribution in [1.29, 1.82) is 0 Å². The SMILES string of the molecule is CC(C)(C)c1cccc2c1oc1c(N(c3cccc(-c4ccccc4)c3)c3ccc4c(c3)oc3cc(N(c5cccc(-c6ccccc6)c5)c5cccc6c5oc5c(C(C)(C)C)cccc56)c5ccccc5c34)cccc12. The monoisotopic (exact) mass is 996 g/mol. The fraction of sp³-hybridized carbons (Fsp3) is 0.111. The third-order valence-corrected chi connectivity index (χ3v) is 15.5. The number of hydrogen-bond acceptors (Lipinski definition) is 5. The van der Waals surface area contributed by atoms with Crippen LogP contribution in [-0.4, -0.2) is 0 Å². The van der Waals surface area contributed by atoms with Crippen LogP contribution in [0.25, 0.3) is 98.8 Å². The van der Waals surface area contributed by atoms with Crippen molar-refractivity contribution >= 4 is 111 Å². The van der Waals surface area contributed by atoms with Crippen LogP contribution in [-0.2, 0) is 10.8 Å². The third kappa shape index (κ3) is 7.67. The summed E-state index contributed by atoms with van der Waals surface area (Å²) in [5.74, 6) is 0. The minimum absolute atomic E-state index is 0.117. The van der Waals surface area contributed by atoms with Crippen molar-refractivity contribution in [1.82, 2.24) is 0 Å². The maximum Gasteiger partial charge on any atom is 0.159 e. The molecule has 0 aliphatic rings. The fourth-order valence-electron chi connectivity index (χ4n) is 11.8. The van der Waals surface area contributed by atoms with E-state index in [0.29, 0.717) is 0 Å². The van der Waals surface area contributed by atoms with Gasteiger partial charge in [-0.2, -0.15) is 0 Å². The zero-order chi connectivity index (χ0) is 52.2. The lowest BCUT2D eigenvalue weighted by atomic mass is 9.86. The number of nitrogens with zero attached hydrogens (tertiary/aromatic N) is 2. The molecular weight excluding hydrogens is 941 g/mol. The van der Waals surface area contributed by atoms with E-state index in [-0.39, 0.29) is 10.8 Å². The van der Waals surface area contributed by atoms with E-state index < -0.39 is 0 Å². The summed E-state index contributed by atoms with van der Waals surface area (Å²) in [5, 5.41) is 8.63. The van der Waals surface area contributed by atoms with Crippen molar-refractivity contribution < 1.29 is 13.3 Å². The van der Waals surface area contributed by atoms with Crippen molar-refractivity contribution in [2.24, 2.45) is 0 Å². The van der Waals surface area contributed by atoms with Gasteiger partial charge < -0.3 is 23.1 Å². The molecule has 77 heavy (non-hydrogen) atoms. The Kier molecular flexibility index (Phi) is 10.6. The second kappa shape index (κ2) is 17.6. The van der Waals surface area contributed by atoms with E-state index in [0.717, 1.165) is 133 Å². The molecule has 0 N–H and O–H groups in total. The van der Waals surface area contributed by atoms with Crippen LogP contribution in [0.4, 0.5) is 34.1 Å². The van der Waals surface area contributed by atoms with E-state index in [1.54, 1.807) is 0 Å². The summed E-state index contributed by atoms with van der Waals surface area (Å²) >= 11 is 0. The Morgan fingerprint density at radius 2 is 0.701 bits per heavy atom. The molecule has 0 amide bonds. The molecular formula is C72H56N2O3. The summed E-state index contributed by atoms with van der Waals surface area (Å²) in [7, 11) is 0. The molecule has 0 radical (unpaired) electrons. The van der Waals surface area contributed by atoms with Crippen LogP contribution in [0.2, 0.25) is 0 Å². The van der Waals surface area contributed by atoms with Gasteiger partial charge in [0.2, 0.25) is 0 Å². The predicted molar refractivity (Wildman–Crippen MR) is 323 cm³/mol. The molecule has 0 saturated carbocycles. The fourth-order valence-corrected chi connectivity index (χ4v) is 11.8. The number of rotatable bonds is 8. The van der Waals surface area contributed by atoms with E-state index in [1.807, 2.05) is 0 Å². The van der Waals surface area contributed by atoms with Gasteiger partial charge in [0, 0.05) is 72.3 Å². The molecule has 5 nitrogen and oxygen atoms in total. The number of hydrogen-bond donors (Lipinski definition) is 0. The van der Waals surface area contributed by atoms with Gasteiger partial charge in [0.25, 0.3) is 0 Å². The molecule has 14 aromatic rings. The summed E-state index contributed by atoms with van der Waals surface area (Å²) in [4.78, 5) is 4.69. The number of benzene rings is 11. The Morgan fingerprint density at radius 3 is 1.25 bits per heavy atom. The van der Waals surface area contributed by atoms with E-state index in [9.17, 15) is 0 Å². The molecule has 0 unspecified atom stereocenters. The summed E-state index contributed by atoms with van der Waals surface area (Å²) in [6.07, 6.45) is 0. The number of furan rings is 3. The van der Waals surface area contributed by atoms with Crippen molar-refractivity contribution in [2.75, 3.05) is 9.80 Å². The average Bonchev–Trinajstić information content (AvgIpc) is 4.36. The van der Waals surface area contributed by atoms with Gasteiger partial charge in [-0.3, -0.25) is 0 Å². The van der Waals surface area contributed by atoms with Crippen LogP contribution in [0.3, 0.4) is 0 Å². The minimum Gasteiger partial charge on any atom is -0.456 e. The van der Waals surface area contributed by atoms with Crippen molar-refractivity contribution in [3.05, 3.63) is 242 Å². The maximum atomic E-state index is 7.25. The summed E-state index contributed by atoms with van der Waals surface area (Å²) in [5.41, 5.74) is 17.5. The summed E-state index contributed by atoms with van der Waals surface area (Å²) in [6.45, 7) is 13.5. The van der Waals surface area contributed by atoms with Crippen LogP contribution >= 0.6 is 0 Å². The third-order valence-electron chi connectivity index (χ3n) is 15.5. The van der Waals surface area contributed by atoms with E-state index >= 15 is 0 Å². The highest BCUT2D eigenvalue weighted by molar-refractivity contribution is 6.24. The molecule has 3 heterocycles. The minimum atomic E-state index is -0.125. The van der Waals surface area contributed by atoms with E-state index in [1.165, 1.54) is 11.1 Å². The molecule has 11 aromatic carbocycles. The molecule has 0 aliphatic carbocycles.